The fourth-order valence-electron chi connectivity index (χ4n) is 1.66. The van der Waals surface area contributed by atoms with Crippen molar-refractivity contribution >= 4 is 21.6 Å². The fourth-order valence-corrected chi connectivity index (χ4v) is 2.00. The number of anilines is 1. The van der Waals surface area contributed by atoms with Gasteiger partial charge in [-0.25, -0.2) is 0 Å². The topological polar surface area (TPSA) is 64.1 Å². The molecule has 2 heterocycles. The van der Waals surface area contributed by atoms with Crippen LogP contribution in [0.25, 0.3) is 11.5 Å². The summed E-state index contributed by atoms with van der Waals surface area (Å²) in [4.78, 5) is 0. The molecule has 0 unspecified atom stereocenters. The van der Waals surface area contributed by atoms with Gasteiger partial charge in [0.2, 0.25) is 12.3 Å². The van der Waals surface area contributed by atoms with Crippen molar-refractivity contribution in [1.82, 2.24) is 10.2 Å². The molecule has 3 rings (SSSR count). The van der Waals surface area contributed by atoms with E-state index in [1.54, 1.807) is 6.26 Å². The van der Waals surface area contributed by atoms with Crippen LogP contribution in [0.2, 0.25) is 0 Å². The zero-order chi connectivity index (χ0) is 13.1. The van der Waals surface area contributed by atoms with Crippen LogP contribution in [0, 0.1) is 0 Å². The molecule has 0 bridgehead atoms. The molecule has 0 aliphatic heterocycles. The minimum absolute atomic E-state index is 0.514. The van der Waals surface area contributed by atoms with Gasteiger partial charge in [0.1, 0.15) is 5.76 Å². The van der Waals surface area contributed by atoms with E-state index in [4.69, 9.17) is 8.83 Å². The molecule has 0 atom stereocenters. The molecule has 0 saturated heterocycles. The summed E-state index contributed by atoms with van der Waals surface area (Å²) < 4.78 is 11.4. The molecule has 0 aliphatic rings. The normalized spacial score (nSPS) is 10.6. The highest BCUT2D eigenvalue weighted by atomic mass is 79.9. The van der Waals surface area contributed by atoms with Crippen LogP contribution < -0.4 is 5.32 Å². The molecule has 0 saturated carbocycles. The molecular weight excluding hydrogens is 310 g/mol. The van der Waals surface area contributed by atoms with Gasteiger partial charge in [-0.15, -0.1) is 10.2 Å². The van der Waals surface area contributed by atoms with E-state index in [1.165, 1.54) is 6.39 Å². The third-order valence-electron chi connectivity index (χ3n) is 2.64. The Morgan fingerprint density at radius 1 is 1.11 bits per heavy atom. The Bertz CT molecular complexity index is 647. The van der Waals surface area contributed by atoms with Crippen molar-refractivity contribution in [3.05, 3.63) is 53.2 Å². The van der Waals surface area contributed by atoms with Gasteiger partial charge >= 0.3 is 0 Å². The number of hydrogen-bond acceptors (Lipinski definition) is 5. The standard InChI is InChI=1S/C13H10BrN3O2/c14-11-5-6-18-12(11)7-15-10-3-1-9(2-4-10)13-17-16-8-19-13/h1-6,8,15H,7H2. The summed E-state index contributed by atoms with van der Waals surface area (Å²) in [6.45, 7) is 0.619. The van der Waals surface area contributed by atoms with E-state index >= 15 is 0 Å². The molecule has 96 valence electrons. The molecule has 0 spiro atoms. The van der Waals surface area contributed by atoms with E-state index in [9.17, 15) is 0 Å². The van der Waals surface area contributed by atoms with Crippen molar-refractivity contribution < 1.29 is 8.83 Å². The van der Waals surface area contributed by atoms with Gasteiger partial charge in [0.15, 0.2) is 0 Å². The average Bonchev–Trinajstić information content (AvgIpc) is 3.09. The summed E-state index contributed by atoms with van der Waals surface area (Å²) in [5, 5.41) is 10.8. The summed E-state index contributed by atoms with van der Waals surface area (Å²) in [5.41, 5.74) is 1.88. The molecule has 0 aliphatic carbocycles. The fraction of sp³-hybridized carbons (Fsp3) is 0.0769. The summed E-state index contributed by atoms with van der Waals surface area (Å²) >= 11 is 3.42. The summed E-state index contributed by atoms with van der Waals surface area (Å²) in [7, 11) is 0. The maximum absolute atomic E-state index is 5.33. The first kappa shape index (κ1) is 12.0. The molecule has 0 fully saturated rings. The molecule has 5 nitrogen and oxygen atoms in total. The van der Waals surface area contributed by atoms with Gasteiger partial charge in [0.25, 0.3) is 0 Å². The van der Waals surface area contributed by atoms with Crippen molar-refractivity contribution in [2.24, 2.45) is 0 Å². The van der Waals surface area contributed by atoms with Crippen LogP contribution >= 0.6 is 15.9 Å². The molecule has 19 heavy (non-hydrogen) atoms. The van der Waals surface area contributed by atoms with Gasteiger partial charge in [-0.3, -0.25) is 0 Å². The third-order valence-corrected chi connectivity index (χ3v) is 3.34. The first-order valence-electron chi connectivity index (χ1n) is 5.65. The van der Waals surface area contributed by atoms with Crippen LogP contribution in [0.5, 0.6) is 0 Å². The second kappa shape index (κ2) is 5.27. The van der Waals surface area contributed by atoms with E-state index in [2.05, 4.69) is 31.4 Å². The predicted octanol–water partition coefficient (Wildman–Crippen LogP) is 3.70. The minimum atomic E-state index is 0.514. The predicted molar refractivity (Wildman–Crippen MR) is 73.5 cm³/mol. The van der Waals surface area contributed by atoms with Crippen molar-refractivity contribution in [3.63, 3.8) is 0 Å². The van der Waals surface area contributed by atoms with Crippen molar-refractivity contribution in [1.29, 1.82) is 0 Å². The molecule has 0 radical (unpaired) electrons. The van der Waals surface area contributed by atoms with Crippen LogP contribution in [0.3, 0.4) is 0 Å². The van der Waals surface area contributed by atoms with Gasteiger partial charge in [-0.1, -0.05) is 0 Å². The first-order chi connectivity index (χ1) is 9.33. The lowest BCUT2D eigenvalue weighted by molar-refractivity contribution is 0.516. The highest BCUT2D eigenvalue weighted by molar-refractivity contribution is 9.10. The smallest absolute Gasteiger partial charge is 0.247 e. The van der Waals surface area contributed by atoms with Crippen molar-refractivity contribution in [2.45, 2.75) is 6.54 Å². The van der Waals surface area contributed by atoms with E-state index < -0.39 is 0 Å². The van der Waals surface area contributed by atoms with Gasteiger partial charge < -0.3 is 14.2 Å². The zero-order valence-corrected chi connectivity index (χ0v) is 11.4. The van der Waals surface area contributed by atoms with E-state index in [0.29, 0.717) is 12.4 Å². The maximum atomic E-state index is 5.33. The largest absolute Gasteiger partial charge is 0.466 e. The van der Waals surface area contributed by atoms with Gasteiger partial charge in [0, 0.05) is 11.3 Å². The SMILES string of the molecule is Brc1ccoc1CNc1ccc(-c2nnco2)cc1. The van der Waals surface area contributed by atoms with Crippen molar-refractivity contribution in [3.8, 4) is 11.5 Å². The van der Waals surface area contributed by atoms with Gasteiger partial charge in [-0.05, 0) is 46.3 Å². The number of benzene rings is 1. The number of rotatable bonds is 4. The van der Waals surface area contributed by atoms with Gasteiger partial charge in [-0.2, -0.15) is 0 Å². The number of aromatic nitrogens is 2. The summed E-state index contributed by atoms with van der Waals surface area (Å²) in [6, 6.07) is 9.63. The molecule has 3 aromatic rings. The summed E-state index contributed by atoms with van der Waals surface area (Å²) in [6.07, 6.45) is 2.97. The number of hydrogen-bond donors (Lipinski definition) is 1. The Labute approximate surface area is 117 Å². The van der Waals surface area contributed by atoms with E-state index in [0.717, 1.165) is 21.5 Å². The van der Waals surface area contributed by atoms with Crippen molar-refractivity contribution in [2.75, 3.05) is 5.32 Å². The quantitative estimate of drug-likeness (QED) is 0.794. The highest BCUT2D eigenvalue weighted by Crippen LogP contribution is 2.21. The van der Waals surface area contributed by atoms with Crippen LogP contribution in [-0.4, -0.2) is 10.2 Å². The Hall–Kier alpha value is -2.08. The lowest BCUT2D eigenvalue weighted by Gasteiger charge is -2.05. The van der Waals surface area contributed by atoms with E-state index in [1.807, 2.05) is 30.3 Å². The monoisotopic (exact) mass is 319 g/mol. The zero-order valence-electron chi connectivity index (χ0n) is 9.84. The Morgan fingerprint density at radius 2 is 1.95 bits per heavy atom. The summed E-state index contributed by atoms with van der Waals surface area (Å²) in [5.74, 6) is 1.38. The van der Waals surface area contributed by atoms with Crippen LogP contribution in [0.15, 0.2) is 56.3 Å². The molecule has 1 N–H and O–H groups in total. The molecular formula is C13H10BrN3O2. The van der Waals surface area contributed by atoms with Crippen LogP contribution in [0.4, 0.5) is 5.69 Å². The Balaban J connectivity index is 1.68. The molecule has 2 aromatic heterocycles. The molecule has 1 aromatic carbocycles. The average molecular weight is 320 g/mol. The first-order valence-corrected chi connectivity index (χ1v) is 6.44. The third kappa shape index (κ3) is 2.68. The minimum Gasteiger partial charge on any atom is -0.466 e. The Kier molecular flexibility index (Phi) is 3.33. The maximum Gasteiger partial charge on any atom is 0.247 e. The molecule has 0 amide bonds. The highest BCUT2D eigenvalue weighted by Gasteiger charge is 2.05. The number of furan rings is 1. The number of nitrogens with one attached hydrogen (secondary N) is 1. The lowest BCUT2D eigenvalue weighted by Crippen LogP contribution is -1.98. The van der Waals surface area contributed by atoms with Crippen LogP contribution in [-0.2, 0) is 6.54 Å². The number of halogens is 1. The van der Waals surface area contributed by atoms with Crippen LogP contribution in [0.1, 0.15) is 5.76 Å². The van der Waals surface area contributed by atoms with Gasteiger partial charge in [0.05, 0.1) is 17.3 Å². The number of nitrogens with zero attached hydrogens (tertiary/aromatic N) is 2. The second-order valence-electron chi connectivity index (χ2n) is 3.87. The Morgan fingerprint density at radius 3 is 2.58 bits per heavy atom. The lowest BCUT2D eigenvalue weighted by atomic mass is 10.2. The van der Waals surface area contributed by atoms with E-state index in [-0.39, 0.29) is 0 Å². The second-order valence-corrected chi connectivity index (χ2v) is 4.72. The molecule has 6 heteroatoms.